The fourth-order valence-electron chi connectivity index (χ4n) is 4.95. The summed E-state index contributed by atoms with van der Waals surface area (Å²) in [5.74, 6) is 0.239. The summed E-state index contributed by atoms with van der Waals surface area (Å²) >= 11 is 6.39. The molecule has 0 fully saturated rings. The number of fused-ring (bicyclic) bond motifs is 1. The first-order valence-corrected chi connectivity index (χ1v) is 15.7. The summed E-state index contributed by atoms with van der Waals surface area (Å²) in [6.07, 6.45) is 1.17. The maximum absolute atomic E-state index is 13.5. The van der Waals surface area contributed by atoms with Gasteiger partial charge in [-0.1, -0.05) is 36.7 Å². The van der Waals surface area contributed by atoms with E-state index in [1.54, 1.807) is 24.0 Å². The molecule has 1 aromatic carbocycles. The summed E-state index contributed by atoms with van der Waals surface area (Å²) in [7, 11) is -3.88. The van der Waals surface area contributed by atoms with E-state index < -0.39 is 10.0 Å². The predicted octanol–water partition coefficient (Wildman–Crippen LogP) is 4.14. The number of rotatable bonds is 8. The number of nitrogens with one attached hydrogen (secondary N) is 1. The van der Waals surface area contributed by atoms with Crippen molar-refractivity contribution >= 4 is 39.1 Å². The van der Waals surface area contributed by atoms with Crippen molar-refractivity contribution in [1.82, 2.24) is 19.7 Å². The van der Waals surface area contributed by atoms with Gasteiger partial charge in [0.05, 0.1) is 5.69 Å². The Morgan fingerprint density at radius 2 is 1.80 bits per heavy atom. The number of aromatic nitrogens is 1. The monoisotopic (exact) mass is 595 g/mol. The number of benzene rings is 1. The minimum atomic E-state index is -3.88. The summed E-state index contributed by atoms with van der Waals surface area (Å²) in [5.41, 5.74) is 1.81. The van der Waals surface area contributed by atoms with Crippen molar-refractivity contribution in [2.24, 2.45) is 5.92 Å². The van der Waals surface area contributed by atoms with Gasteiger partial charge in [-0.25, -0.2) is 13.1 Å². The maximum atomic E-state index is 13.5. The number of nitrogens with zero attached hydrogens (tertiary/aromatic N) is 4. The first kappa shape index (κ1) is 32.0. The number of halogens is 1. The quantitative estimate of drug-likeness (QED) is 0.488. The van der Waals surface area contributed by atoms with Crippen molar-refractivity contribution in [3.8, 4) is 0 Å². The average Bonchev–Trinajstić information content (AvgIpc) is 3.19. The zero-order chi connectivity index (χ0) is 29.6. The van der Waals surface area contributed by atoms with Gasteiger partial charge < -0.3 is 14.3 Å². The number of hydrogen-bond donors (Lipinski definition) is 1. The molecule has 0 spiro atoms. The molecule has 40 heavy (non-hydrogen) atoms. The molecule has 0 saturated heterocycles. The molecule has 10 nitrogen and oxygen atoms in total. The first-order chi connectivity index (χ1) is 18.8. The smallest absolute Gasteiger partial charge is 0.245 e. The minimum Gasteiger partial charge on any atom is -0.360 e. The molecule has 1 aliphatic rings. The highest BCUT2D eigenvalue weighted by Crippen LogP contribution is 2.29. The number of aryl methyl sites for hydroxylation is 2. The Balaban J connectivity index is 1.86. The summed E-state index contributed by atoms with van der Waals surface area (Å²) in [5, 5.41) is 4.23. The van der Waals surface area contributed by atoms with Gasteiger partial charge in [-0.3, -0.25) is 14.5 Å². The standard InChI is InChI=1S/C28H42ClN5O5S/c1-19(2)16-27(36)34-13-7-12-32(20(3)4)14-15-33(18-23-8-9-24(29)17-25(23)34)26(35)10-11-30-40(37,38)28-21(5)31-39-22(28)6/h8-9,17,19-20,30H,7,10-16,18H2,1-6H3. The number of hydrogen-bond acceptors (Lipinski definition) is 7. The topological polar surface area (TPSA) is 116 Å². The molecule has 0 radical (unpaired) electrons. The molecule has 12 heteroatoms. The van der Waals surface area contributed by atoms with Crippen LogP contribution in [0.2, 0.25) is 5.02 Å². The lowest BCUT2D eigenvalue weighted by atomic mass is 10.1. The van der Waals surface area contributed by atoms with Gasteiger partial charge in [-0.15, -0.1) is 0 Å². The normalized spacial score (nSPS) is 15.8. The van der Waals surface area contributed by atoms with E-state index in [0.717, 1.165) is 18.5 Å². The molecule has 3 rings (SSSR count). The van der Waals surface area contributed by atoms with Crippen LogP contribution in [0.5, 0.6) is 0 Å². The van der Waals surface area contributed by atoms with Crippen LogP contribution in [-0.2, 0) is 26.2 Å². The SMILES string of the molecule is Cc1noc(C)c1S(=O)(=O)NCCC(=O)N1CCN(C(C)C)CCCN(C(=O)CC(C)C)c2cc(Cl)ccc2C1. The Kier molecular flexibility index (Phi) is 11.2. The highest BCUT2D eigenvalue weighted by Gasteiger charge is 2.27. The molecule has 2 aromatic rings. The molecule has 1 aliphatic heterocycles. The van der Waals surface area contributed by atoms with Crippen LogP contribution in [0.4, 0.5) is 5.69 Å². The summed E-state index contributed by atoms with van der Waals surface area (Å²) < 4.78 is 33.1. The molecule has 222 valence electrons. The maximum Gasteiger partial charge on any atom is 0.245 e. The zero-order valence-electron chi connectivity index (χ0n) is 24.4. The second-order valence-corrected chi connectivity index (χ2v) is 13.2. The molecular weight excluding hydrogens is 554 g/mol. The van der Waals surface area contributed by atoms with Gasteiger partial charge in [0.15, 0.2) is 5.76 Å². The van der Waals surface area contributed by atoms with Crippen LogP contribution in [0, 0.1) is 19.8 Å². The van der Waals surface area contributed by atoms with Crippen LogP contribution in [0.15, 0.2) is 27.6 Å². The molecule has 0 aliphatic carbocycles. The van der Waals surface area contributed by atoms with Crippen molar-refractivity contribution in [3.05, 3.63) is 40.2 Å². The highest BCUT2D eigenvalue weighted by atomic mass is 35.5. The van der Waals surface area contributed by atoms with Crippen molar-refractivity contribution in [2.45, 2.75) is 78.3 Å². The van der Waals surface area contributed by atoms with E-state index in [4.69, 9.17) is 16.1 Å². The largest absolute Gasteiger partial charge is 0.360 e. The molecule has 1 N–H and O–H groups in total. The van der Waals surface area contributed by atoms with Crippen molar-refractivity contribution in [1.29, 1.82) is 0 Å². The zero-order valence-corrected chi connectivity index (χ0v) is 25.9. The molecule has 2 amide bonds. The van der Waals surface area contributed by atoms with Crippen LogP contribution >= 0.6 is 11.6 Å². The van der Waals surface area contributed by atoms with E-state index in [-0.39, 0.29) is 59.6 Å². The number of carbonyl (C=O) groups excluding carboxylic acids is 2. The van der Waals surface area contributed by atoms with Crippen LogP contribution in [0.25, 0.3) is 0 Å². The van der Waals surface area contributed by atoms with E-state index in [1.807, 2.05) is 24.8 Å². The molecule has 1 aromatic heterocycles. The van der Waals surface area contributed by atoms with Gasteiger partial charge in [0, 0.05) is 63.2 Å². The Bertz CT molecular complexity index is 1270. The van der Waals surface area contributed by atoms with Crippen LogP contribution in [0.3, 0.4) is 0 Å². The number of anilines is 1. The van der Waals surface area contributed by atoms with Gasteiger partial charge in [0.1, 0.15) is 10.6 Å². The van der Waals surface area contributed by atoms with Gasteiger partial charge in [-0.2, -0.15) is 0 Å². The number of amides is 2. The van der Waals surface area contributed by atoms with E-state index in [1.165, 1.54) is 6.92 Å². The Morgan fingerprint density at radius 1 is 1.07 bits per heavy atom. The number of sulfonamides is 1. The fraction of sp³-hybridized carbons (Fsp3) is 0.607. The highest BCUT2D eigenvalue weighted by molar-refractivity contribution is 7.89. The first-order valence-electron chi connectivity index (χ1n) is 13.8. The molecule has 2 heterocycles. The van der Waals surface area contributed by atoms with Crippen molar-refractivity contribution in [3.63, 3.8) is 0 Å². The third-order valence-electron chi connectivity index (χ3n) is 7.02. The van der Waals surface area contributed by atoms with Crippen LogP contribution < -0.4 is 9.62 Å². The fourth-order valence-corrected chi connectivity index (χ4v) is 6.47. The lowest BCUT2D eigenvalue weighted by molar-refractivity contribution is -0.132. The number of carbonyl (C=O) groups is 2. The van der Waals surface area contributed by atoms with Gasteiger partial charge in [0.25, 0.3) is 0 Å². The summed E-state index contributed by atoms with van der Waals surface area (Å²) in [4.78, 5) is 32.7. The van der Waals surface area contributed by atoms with Crippen LogP contribution in [0.1, 0.15) is 64.0 Å². The third kappa shape index (κ3) is 8.28. The molecule has 0 unspecified atom stereocenters. The van der Waals surface area contributed by atoms with E-state index in [0.29, 0.717) is 36.8 Å². The lowest BCUT2D eigenvalue weighted by Gasteiger charge is -2.30. The minimum absolute atomic E-state index is 0.000246. The van der Waals surface area contributed by atoms with E-state index >= 15 is 0 Å². The van der Waals surface area contributed by atoms with Crippen molar-refractivity contribution < 1.29 is 22.5 Å². The van der Waals surface area contributed by atoms with Gasteiger partial charge in [0.2, 0.25) is 21.8 Å². The van der Waals surface area contributed by atoms with Crippen LogP contribution in [-0.4, -0.2) is 74.0 Å². The third-order valence-corrected chi connectivity index (χ3v) is 8.96. The van der Waals surface area contributed by atoms with E-state index in [9.17, 15) is 18.0 Å². The second kappa shape index (κ2) is 13.9. The second-order valence-electron chi connectivity index (χ2n) is 11.0. The average molecular weight is 596 g/mol. The van der Waals surface area contributed by atoms with Gasteiger partial charge >= 0.3 is 0 Å². The summed E-state index contributed by atoms with van der Waals surface area (Å²) in [6.45, 7) is 14.0. The molecule has 0 saturated carbocycles. The molecule has 0 bridgehead atoms. The Labute approximate surface area is 243 Å². The van der Waals surface area contributed by atoms with Crippen molar-refractivity contribution in [2.75, 3.05) is 37.6 Å². The summed E-state index contributed by atoms with van der Waals surface area (Å²) in [6, 6.07) is 5.70. The lowest BCUT2D eigenvalue weighted by Crippen LogP contribution is -2.42. The van der Waals surface area contributed by atoms with E-state index in [2.05, 4.69) is 28.6 Å². The molecule has 0 atom stereocenters. The predicted molar refractivity (Wildman–Crippen MR) is 156 cm³/mol. The Morgan fingerprint density at radius 3 is 2.42 bits per heavy atom. The molecular formula is C28H42ClN5O5S. The van der Waals surface area contributed by atoms with Gasteiger partial charge in [-0.05, 0) is 57.7 Å². The Hall–Kier alpha value is -2.47.